The molecule has 0 saturated carbocycles. The second-order valence-corrected chi connectivity index (χ2v) is 9.57. The van der Waals surface area contributed by atoms with Crippen molar-refractivity contribution in [2.24, 2.45) is 7.05 Å². The van der Waals surface area contributed by atoms with Crippen molar-refractivity contribution >= 4 is 28.1 Å². The second-order valence-electron chi connectivity index (χ2n) is 9.57. The highest BCUT2D eigenvalue weighted by molar-refractivity contribution is 6.04. The number of anilines is 1. The van der Waals surface area contributed by atoms with Crippen LogP contribution in [-0.2, 0) is 7.05 Å². The molecule has 12 heteroatoms. The Labute approximate surface area is 237 Å². The highest BCUT2D eigenvalue weighted by Crippen LogP contribution is 2.25. The van der Waals surface area contributed by atoms with Gasteiger partial charge in [-0.25, -0.2) is 18.3 Å². The number of nitrogens with zero attached hydrogens (tertiary/aromatic N) is 6. The first-order chi connectivity index (χ1) is 20.2. The van der Waals surface area contributed by atoms with Crippen LogP contribution in [0.2, 0.25) is 0 Å². The van der Waals surface area contributed by atoms with E-state index >= 15 is 0 Å². The minimum absolute atomic E-state index is 0.0215. The summed E-state index contributed by atoms with van der Waals surface area (Å²) in [4.78, 5) is 31.7. The van der Waals surface area contributed by atoms with Crippen molar-refractivity contribution in [1.29, 1.82) is 0 Å². The van der Waals surface area contributed by atoms with E-state index in [-0.39, 0.29) is 28.1 Å². The number of rotatable bonds is 4. The summed E-state index contributed by atoms with van der Waals surface area (Å²) in [5, 5.41) is 11.9. The number of hydrogen-bond donors (Lipinski definition) is 2. The molecule has 1 atom stereocenters. The van der Waals surface area contributed by atoms with E-state index in [0.29, 0.717) is 22.2 Å². The Morgan fingerprint density at radius 2 is 1.93 bits per heavy atom. The normalized spacial score (nSPS) is 11.8. The van der Waals surface area contributed by atoms with Gasteiger partial charge in [0.05, 0.1) is 28.9 Å². The zero-order valence-electron chi connectivity index (χ0n) is 22.3. The average Bonchev–Trinajstić information content (AvgIpc) is 3.54. The van der Waals surface area contributed by atoms with Crippen molar-refractivity contribution in [3.8, 4) is 17.5 Å². The van der Waals surface area contributed by atoms with Gasteiger partial charge in [0.2, 0.25) is 0 Å². The van der Waals surface area contributed by atoms with Crippen LogP contribution in [-0.4, -0.2) is 34.9 Å². The number of carbonyl (C=O) groups excluding carboxylic acids is 1. The standard InChI is InChI=1S/C30H22F2N8O2/c1-17(36-29(41)26-27(33)37-39-12-4-11-34-28(26)39)24-13-20-6-3-5-19(8-7-18-15-35-38(2)16-18)25(20)30(42)40(24)21-9-10-22(31)23(32)14-21/h3-6,9-17H,1-2H3,(H2,33,37)(H,36,41). The van der Waals surface area contributed by atoms with Crippen molar-refractivity contribution in [3.05, 3.63) is 118 Å². The molecule has 1 unspecified atom stereocenters. The van der Waals surface area contributed by atoms with Crippen LogP contribution < -0.4 is 16.6 Å². The number of nitrogen functional groups attached to an aromatic ring is 1. The van der Waals surface area contributed by atoms with E-state index in [4.69, 9.17) is 5.73 Å². The van der Waals surface area contributed by atoms with Crippen molar-refractivity contribution in [3.63, 3.8) is 0 Å². The highest BCUT2D eigenvalue weighted by atomic mass is 19.2. The SMILES string of the molecule is CC(NC(=O)c1c(N)nn2cccnc12)c1cc2cccc(C#Cc3cnn(C)c3)c2c(=O)n1-c1ccc(F)c(F)c1. The molecule has 6 rings (SSSR count). The minimum Gasteiger partial charge on any atom is -0.381 e. The second kappa shape index (κ2) is 10.3. The number of nitrogens with two attached hydrogens (primary N) is 1. The molecule has 0 aliphatic carbocycles. The summed E-state index contributed by atoms with van der Waals surface area (Å²) in [5.41, 5.74) is 7.30. The quantitative estimate of drug-likeness (QED) is 0.316. The largest absolute Gasteiger partial charge is 0.381 e. The molecule has 0 radical (unpaired) electrons. The van der Waals surface area contributed by atoms with Crippen LogP contribution in [0.25, 0.3) is 22.1 Å². The number of fused-ring (bicyclic) bond motifs is 2. The van der Waals surface area contributed by atoms with Gasteiger partial charge in [-0.1, -0.05) is 24.0 Å². The predicted molar refractivity (Wildman–Crippen MR) is 152 cm³/mol. The Morgan fingerprint density at radius 3 is 2.69 bits per heavy atom. The number of aryl methyl sites for hydroxylation is 1. The molecule has 0 aliphatic heterocycles. The molecule has 0 aliphatic rings. The fraction of sp³-hybridized carbons (Fsp3) is 0.100. The van der Waals surface area contributed by atoms with Gasteiger partial charge in [0, 0.05) is 43.0 Å². The Balaban J connectivity index is 1.50. The maximum atomic E-state index is 14.4. The van der Waals surface area contributed by atoms with Crippen LogP contribution in [0.5, 0.6) is 0 Å². The van der Waals surface area contributed by atoms with Gasteiger partial charge < -0.3 is 11.1 Å². The fourth-order valence-corrected chi connectivity index (χ4v) is 4.79. The maximum Gasteiger partial charge on any atom is 0.264 e. The third kappa shape index (κ3) is 4.62. The summed E-state index contributed by atoms with van der Waals surface area (Å²) in [6.45, 7) is 1.66. The molecule has 2 aromatic carbocycles. The van der Waals surface area contributed by atoms with Crippen molar-refractivity contribution in [2.45, 2.75) is 13.0 Å². The summed E-state index contributed by atoms with van der Waals surface area (Å²) < 4.78 is 32.5. The van der Waals surface area contributed by atoms with Gasteiger partial charge in [0.15, 0.2) is 23.1 Å². The molecule has 42 heavy (non-hydrogen) atoms. The molecule has 0 bridgehead atoms. The lowest BCUT2D eigenvalue weighted by Crippen LogP contribution is -2.32. The zero-order valence-corrected chi connectivity index (χ0v) is 22.3. The monoisotopic (exact) mass is 564 g/mol. The summed E-state index contributed by atoms with van der Waals surface area (Å²) in [7, 11) is 1.77. The molecule has 208 valence electrons. The lowest BCUT2D eigenvalue weighted by Gasteiger charge is -2.21. The van der Waals surface area contributed by atoms with E-state index in [0.717, 1.165) is 12.1 Å². The van der Waals surface area contributed by atoms with E-state index in [9.17, 15) is 18.4 Å². The predicted octanol–water partition coefficient (Wildman–Crippen LogP) is 3.52. The van der Waals surface area contributed by atoms with Crippen LogP contribution in [0.1, 0.15) is 40.1 Å². The smallest absolute Gasteiger partial charge is 0.264 e. The van der Waals surface area contributed by atoms with Gasteiger partial charge in [-0.15, -0.1) is 5.10 Å². The van der Waals surface area contributed by atoms with Crippen molar-refractivity contribution < 1.29 is 13.6 Å². The van der Waals surface area contributed by atoms with Crippen molar-refractivity contribution in [1.82, 2.24) is 34.3 Å². The number of halogens is 2. The molecule has 1 amide bonds. The molecule has 0 spiro atoms. The van der Waals surface area contributed by atoms with Crippen molar-refractivity contribution in [2.75, 3.05) is 5.73 Å². The van der Waals surface area contributed by atoms with Crippen LogP contribution in [0.3, 0.4) is 0 Å². The number of carbonyl (C=O) groups is 1. The van der Waals surface area contributed by atoms with E-state index in [1.807, 2.05) is 0 Å². The maximum absolute atomic E-state index is 14.4. The molecule has 3 N–H and O–H groups in total. The molecule has 6 aromatic rings. The molecular formula is C30H22F2N8O2. The third-order valence-corrected chi connectivity index (χ3v) is 6.72. The molecular weight excluding hydrogens is 542 g/mol. The number of nitrogens with one attached hydrogen (secondary N) is 1. The van der Waals surface area contributed by atoms with Crippen LogP contribution in [0.4, 0.5) is 14.6 Å². The fourth-order valence-electron chi connectivity index (χ4n) is 4.79. The third-order valence-electron chi connectivity index (χ3n) is 6.72. The van der Waals surface area contributed by atoms with E-state index < -0.39 is 29.1 Å². The Morgan fingerprint density at radius 1 is 1.10 bits per heavy atom. The molecule has 4 heterocycles. The van der Waals surface area contributed by atoms with E-state index in [1.165, 1.54) is 21.3 Å². The first-order valence-electron chi connectivity index (χ1n) is 12.8. The molecule has 10 nitrogen and oxygen atoms in total. The van der Waals surface area contributed by atoms with Gasteiger partial charge in [0.1, 0.15) is 5.56 Å². The van der Waals surface area contributed by atoms with E-state index in [1.54, 1.807) is 67.6 Å². The summed E-state index contributed by atoms with van der Waals surface area (Å²) in [6.07, 6.45) is 6.46. The minimum atomic E-state index is -1.13. The van der Waals surface area contributed by atoms with Gasteiger partial charge in [-0.3, -0.25) is 18.8 Å². The summed E-state index contributed by atoms with van der Waals surface area (Å²) in [6, 6.07) is 10.9. The van der Waals surface area contributed by atoms with Crippen LogP contribution in [0.15, 0.2) is 78.1 Å². The summed E-state index contributed by atoms with van der Waals surface area (Å²) >= 11 is 0. The van der Waals surface area contributed by atoms with Gasteiger partial charge in [-0.2, -0.15) is 5.10 Å². The van der Waals surface area contributed by atoms with Crippen LogP contribution in [0, 0.1) is 23.5 Å². The number of amides is 1. The summed E-state index contributed by atoms with van der Waals surface area (Å²) in [5.74, 6) is 3.25. The van der Waals surface area contributed by atoms with E-state index in [2.05, 4.69) is 32.3 Å². The topological polar surface area (TPSA) is 125 Å². The zero-order chi connectivity index (χ0) is 29.5. The van der Waals surface area contributed by atoms with Gasteiger partial charge in [-0.05, 0) is 42.6 Å². The Kier molecular flexibility index (Phi) is 6.47. The lowest BCUT2D eigenvalue weighted by atomic mass is 10.0. The Hall–Kier alpha value is -5.83. The first kappa shape index (κ1) is 26.4. The average molecular weight is 565 g/mol. The lowest BCUT2D eigenvalue weighted by molar-refractivity contribution is 0.0941. The molecule has 4 aromatic heterocycles. The number of hydrogen-bond acceptors (Lipinski definition) is 6. The highest BCUT2D eigenvalue weighted by Gasteiger charge is 2.24. The molecule has 0 fully saturated rings. The Bertz CT molecular complexity index is 2150. The molecule has 0 saturated heterocycles. The van der Waals surface area contributed by atoms with Gasteiger partial charge in [0.25, 0.3) is 11.5 Å². The number of aromatic nitrogens is 6. The number of pyridine rings is 1. The van der Waals surface area contributed by atoms with Crippen LogP contribution >= 0.6 is 0 Å². The first-order valence-corrected chi connectivity index (χ1v) is 12.8. The number of benzene rings is 2. The van der Waals surface area contributed by atoms with Gasteiger partial charge >= 0.3 is 0 Å².